The van der Waals surface area contributed by atoms with Crippen molar-refractivity contribution in [2.24, 2.45) is 0 Å². The summed E-state index contributed by atoms with van der Waals surface area (Å²) in [7, 11) is 1.63. The van der Waals surface area contributed by atoms with Crippen molar-refractivity contribution in [3.8, 4) is 17.2 Å². The number of nitrogens with zero attached hydrogens (tertiary/aromatic N) is 1. The summed E-state index contributed by atoms with van der Waals surface area (Å²) in [6, 6.07) is 7.58. The van der Waals surface area contributed by atoms with Gasteiger partial charge in [-0.3, -0.25) is 4.79 Å². The van der Waals surface area contributed by atoms with Gasteiger partial charge in [0, 0.05) is 17.7 Å². The van der Waals surface area contributed by atoms with Crippen LogP contribution in [-0.4, -0.2) is 46.9 Å². The Labute approximate surface area is 169 Å². The summed E-state index contributed by atoms with van der Waals surface area (Å²) in [6.07, 6.45) is 4.50. The van der Waals surface area contributed by atoms with E-state index >= 15 is 0 Å². The zero-order valence-electron chi connectivity index (χ0n) is 16.7. The number of carboxylic acids is 1. The highest BCUT2D eigenvalue weighted by atomic mass is 32.2. The maximum atomic E-state index is 11.0. The molecule has 1 aromatic carbocycles. The summed E-state index contributed by atoms with van der Waals surface area (Å²) in [4.78, 5) is 15.6. The SMILES string of the molecule is COc1ccc(-c2nc(CCOC/C=C/CSC(C)(C)C(=O)O)c(C)o2)cc1. The van der Waals surface area contributed by atoms with E-state index in [4.69, 9.17) is 19.0 Å². The Morgan fingerprint density at radius 3 is 2.64 bits per heavy atom. The third kappa shape index (κ3) is 6.42. The van der Waals surface area contributed by atoms with E-state index in [0.717, 1.165) is 22.8 Å². The van der Waals surface area contributed by atoms with E-state index < -0.39 is 10.7 Å². The molecule has 0 amide bonds. The van der Waals surface area contributed by atoms with Crippen LogP contribution in [0.2, 0.25) is 0 Å². The van der Waals surface area contributed by atoms with Crippen LogP contribution in [0.1, 0.15) is 25.3 Å². The standard InChI is InChI=1S/C21H27NO5S/c1-15-18(22-19(27-15)16-7-9-17(25-4)10-8-16)11-13-26-12-5-6-14-28-21(2,3)20(23)24/h5-10H,11-14H2,1-4H3,(H,23,24)/b6-5+. The van der Waals surface area contributed by atoms with Crippen LogP contribution in [-0.2, 0) is 16.0 Å². The van der Waals surface area contributed by atoms with Gasteiger partial charge in [-0.05, 0) is 45.0 Å². The molecule has 152 valence electrons. The molecule has 1 heterocycles. The second kappa shape index (κ2) is 10.3. The minimum absolute atomic E-state index is 0.482. The molecule has 0 aliphatic rings. The number of benzene rings is 1. The predicted octanol–water partition coefficient (Wildman–Crippen LogP) is 4.37. The van der Waals surface area contributed by atoms with Gasteiger partial charge >= 0.3 is 5.97 Å². The molecular formula is C21H27NO5S. The van der Waals surface area contributed by atoms with Crippen molar-refractivity contribution in [1.82, 2.24) is 4.98 Å². The zero-order chi connectivity index (χ0) is 20.6. The fourth-order valence-corrected chi connectivity index (χ4v) is 3.06. The van der Waals surface area contributed by atoms with Crippen LogP contribution in [0.4, 0.5) is 0 Å². The first-order valence-electron chi connectivity index (χ1n) is 9.04. The highest BCUT2D eigenvalue weighted by molar-refractivity contribution is 8.01. The van der Waals surface area contributed by atoms with Crippen LogP contribution in [0.3, 0.4) is 0 Å². The van der Waals surface area contributed by atoms with Gasteiger partial charge < -0.3 is 19.0 Å². The third-order valence-corrected chi connectivity index (χ3v) is 5.40. The number of aromatic nitrogens is 1. The number of carboxylic acid groups (broad SMARTS) is 1. The van der Waals surface area contributed by atoms with Gasteiger partial charge in [-0.15, -0.1) is 11.8 Å². The van der Waals surface area contributed by atoms with Crippen LogP contribution in [0.25, 0.3) is 11.5 Å². The monoisotopic (exact) mass is 405 g/mol. The third-order valence-electron chi connectivity index (χ3n) is 4.15. The lowest BCUT2D eigenvalue weighted by molar-refractivity contribution is -0.138. The molecule has 0 bridgehead atoms. The molecule has 28 heavy (non-hydrogen) atoms. The molecule has 1 aromatic heterocycles. The van der Waals surface area contributed by atoms with Crippen LogP contribution < -0.4 is 4.74 Å². The fraction of sp³-hybridized carbons (Fsp3) is 0.429. The molecule has 0 saturated heterocycles. The average molecular weight is 406 g/mol. The summed E-state index contributed by atoms with van der Waals surface area (Å²) in [5.41, 5.74) is 1.79. The molecule has 7 heteroatoms. The first-order chi connectivity index (χ1) is 13.3. The van der Waals surface area contributed by atoms with E-state index in [1.165, 1.54) is 11.8 Å². The van der Waals surface area contributed by atoms with Crippen molar-refractivity contribution in [1.29, 1.82) is 0 Å². The summed E-state index contributed by atoms with van der Waals surface area (Å²) in [5, 5.41) is 9.05. The van der Waals surface area contributed by atoms with Crippen LogP contribution >= 0.6 is 11.8 Å². The number of ether oxygens (including phenoxy) is 2. The minimum atomic E-state index is -0.806. The highest BCUT2D eigenvalue weighted by Crippen LogP contribution is 2.25. The number of methoxy groups -OCH3 is 1. The Morgan fingerprint density at radius 1 is 1.29 bits per heavy atom. The molecule has 6 nitrogen and oxygen atoms in total. The highest BCUT2D eigenvalue weighted by Gasteiger charge is 2.26. The van der Waals surface area contributed by atoms with Gasteiger partial charge in [0.2, 0.25) is 5.89 Å². The molecule has 0 aliphatic heterocycles. The largest absolute Gasteiger partial charge is 0.497 e. The maximum absolute atomic E-state index is 11.0. The van der Waals surface area contributed by atoms with Crippen molar-refractivity contribution in [2.75, 3.05) is 26.1 Å². The van der Waals surface area contributed by atoms with Gasteiger partial charge in [0.1, 0.15) is 16.3 Å². The first kappa shape index (κ1) is 22.0. The molecule has 0 radical (unpaired) electrons. The van der Waals surface area contributed by atoms with Crippen LogP contribution in [0.5, 0.6) is 5.75 Å². The Hall–Kier alpha value is -2.25. The fourth-order valence-electron chi connectivity index (χ4n) is 2.29. The summed E-state index contributed by atoms with van der Waals surface area (Å²) < 4.78 is 15.8. The van der Waals surface area contributed by atoms with Gasteiger partial charge in [-0.1, -0.05) is 12.2 Å². The van der Waals surface area contributed by atoms with Crippen molar-refractivity contribution < 1.29 is 23.8 Å². The van der Waals surface area contributed by atoms with E-state index in [1.807, 2.05) is 43.3 Å². The Morgan fingerprint density at radius 2 is 2.00 bits per heavy atom. The topological polar surface area (TPSA) is 81.8 Å². The minimum Gasteiger partial charge on any atom is -0.497 e. The number of rotatable bonds is 11. The molecule has 0 atom stereocenters. The molecule has 0 aliphatic carbocycles. The van der Waals surface area contributed by atoms with Crippen LogP contribution in [0, 0.1) is 6.92 Å². The van der Waals surface area contributed by atoms with Crippen molar-refractivity contribution in [2.45, 2.75) is 31.9 Å². The van der Waals surface area contributed by atoms with Crippen molar-refractivity contribution in [3.05, 3.63) is 47.9 Å². The lowest BCUT2D eigenvalue weighted by Crippen LogP contribution is -2.27. The van der Waals surface area contributed by atoms with Gasteiger partial charge in [-0.2, -0.15) is 0 Å². The number of oxazole rings is 1. The molecule has 0 unspecified atom stereocenters. The molecule has 2 aromatic rings. The predicted molar refractivity (Wildman–Crippen MR) is 111 cm³/mol. The lowest BCUT2D eigenvalue weighted by Gasteiger charge is -2.16. The Balaban J connectivity index is 1.74. The zero-order valence-corrected chi connectivity index (χ0v) is 17.5. The van der Waals surface area contributed by atoms with Gasteiger partial charge in [0.15, 0.2) is 0 Å². The number of hydrogen-bond donors (Lipinski definition) is 1. The number of carbonyl (C=O) groups is 1. The van der Waals surface area contributed by atoms with E-state index in [2.05, 4.69) is 4.98 Å². The van der Waals surface area contributed by atoms with E-state index in [1.54, 1.807) is 21.0 Å². The van der Waals surface area contributed by atoms with E-state index in [-0.39, 0.29) is 0 Å². The van der Waals surface area contributed by atoms with Crippen molar-refractivity contribution >= 4 is 17.7 Å². The van der Waals surface area contributed by atoms with Gasteiger partial charge in [0.05, 0.1) is 26.0 Å². The molecule has 0 fully saturated rings. The Kier molecular flexibility index (Phi) is 8.14. The second-order valence-electron chi connectivity index (χ2n) is 6.67. The van der Waals surface area contributed by atoms with Gasteiger partial charge in [-0.25, -0.2) is 4.98 Å². The normalized spacial score (nSPS) is 11.9. The summed E-state index contributed by atoms with van der Waals surface area (Å²) in [5.74, 6) is 2.00. The maximum Gasteiger partial charge on any atom is 0.319 e. The van der Waals surface area contributed by atoms with E-state index in [9.17, 15) is 4.79 Å². The second-order valence-corrected chi connectivity index (χ2v) is 8.32. The first-order valence-corrected chi connectivity index (χ1v) is 10.0. The van der Waals surface area contributed by atoms with Crippen molar-refractivity contribution in [3.63, 3.8) is 0 Å². The molecule has 0 saturated carbocycles. The molecular weight excluding hydrogens is 378 g/mol. The molecule has 0 spiro atoms. The number of aryl methyl sites for hydroxylation is 1. The smallest absolute Gasteiger partial charge is 0.319 e. The van der Waals surface area contributed by atoms with Gasteiger partial charge in [0.25, 0.3) is 0 Å². The quantitative estimate of drug-likeness (QED) is 0.439. The van der Waals surface area contributed by atoms with E-state index in [0.29, 0.717) is 31.3 Å². The Bertz CT molecular complexity index is 796. The molecule has 1 N–H and O–H groups in total. The molecule has 2 rings (SSSR count). The number of thioether (sulfide) groups is 1. The lowest BCUT2D eigenvalue weighted by atomic mass is 10.2. The number of hydrogen-bond acceptors (Lipinski definition) is 6. The number of aliphatic carboxylic acids is 1. The summed E-state index contributed by atoms with van der Waals surface area (Å²) >= 11 is 1.38. The van der Waals surface area contributed by atoms with Crippen LogP contribution in [0.15, 0.2) is 40.8 Å². The summed E-state index contributed by atoms with van der Waals surface area (Å²) in [6.45, 7) is 6.32. The average Bonchev–Trinajstić information content (AvgIpc) is 3.04.